The van der Waals surface area contributed by atoms with Gasteiger partial charge >= 0.3 is 0 Å². The Labute approximate surface area is 145 Å². The number of primary amides is 1. The normalized spacial score (nSPS) is 22.0. The predicted octanol–water partition coefficient (Wildman–Crippen LogP) is 1.84. The van der Waals surface area contributed by atoms with Crippen LogP contribution in [0.25, 0.3) is 0 Å². The quantitative estimate of drug-likeness (QED) is 0.906. The summed E-state index contributed by atoms with van der Waals surface area (Å²) in [7, 11) is 0. The van der Waals surface area contributed by atoms with Crippen LogP contribution >= 0.6 is 0 Å². The summed E-state index contributed by atoms with van der Waals surface area (Å²) < 4.78 is 6.14. The largest absolute Gasteiger partial charge is 0.364 e. The molecule has 0 bridgehead atoms. The molecule has 1 atom stereocenters. The molecule has 128 valence electrons. The Morgan fingerprint density at radius 3 is 2.88 bits per heavy atom. The fourth-order valence-corrected chi connectivity index (χ4v) is 3.86. The molecule has 3 heterocycles. The number of ether oxygens (including phenoxy) is 1. The lowest BCUT2D eigenvalue weighted by molar-refractivity contribution is -0.0785. The van der Waals surface area contributed by atoms with E-state index in [1.165, 1.54) is 11.8 Å². The van der Waals surface area contributed by atoms with Crippen LogP contribution in [-0.2, 0) is 16.9 Å². The van der Waals surface area contributed by atoms with E-state index in [0.717, 1.165) is 18.4 Å². The second-order valence-electron chi connectivity index (χ2n) is 6.53. The highest BCUT2D eigenvalue weighted by molar-refractivity contribution is 6.05. The van der Waals surface area contributed by atoms with Crippen LogP contribution in [0.15, 0.2) is 42.6 Å². The fourth-order valence-electron chi connectivity index (χ4n) is 3.86. The second-order valence-corrected chi connectivity index (χ2v) is 6.53. The Bertz CT molecular complexity index is 847. The second kappa shape index (κ2) is 5.97. The van der Waals surface area contributed by atoms with Crippen molar-refractivity contribution in [2.24, 2.45) is 5.73 Å². The van der Waals surface area contributed by atoms with Gasteiger partial charge in [-0.15, -0.1) is 0 Å². The third-order valence-corrected chi connectivity index (χ3v) is 5.03. The van der Waals surface area contributed by atoms with Crippen molar-refractivity contribution in [2.45, 2.75) is 25.0 Å². The summed E-state index contributed by atoms with van der Waals surface area (Å²) in [4.78, 5) is 30.3. The Balaban J connectivity index is 1.65. The molecule has 1 fully saturated rings. The number of amides is 2. The molecule has 4 rings (SSSR count). The molecule has 1 aromatic carbocycles. The van der Waals surface area contributed by atoms with Crippen molar-refractivity contribution < 1.29 is 14.3 Å². The first-order valence-corrected chi connectivity index (χ1v) is 8.37. The first-order chi connectivity index (χ1) is 12.1. The molecule has 0 aliphatic carbocycles. The van der Waals surface area contributed by atoms with E-state index in [-0.39, 0.29) is 17.2 Å². The molecule has 1 unspecified atom stereocenters. The standard InChI is InChI=1S/C19H19N3O3/c20-17(23)16-14(6-3-9-21-16)18(24)22-10-4-8-19(12-22)15-7-2-1-5-13(15)11-25-19/h1-3,5-7,9H,4,8,10-12H2,(H2,20,23). The van der Waals surface area contributed by atoms with Gasteiger partial charge in [0.05, 0.1) is 18.7 Å². The molecular formula is C19H19N3O3. The van der Waals surface area contributed by atoms with E-state index in [0.29, 0.717) is 19.7 Å². The average molecular weight is 337 g/mol. The monoisotopic (exact) mass is 337 g/mol. The maximum absolute atomic E-state index is 13.0. The van der Waals surface area contributed by atoms with E-state index in [4.69, 9.17) is 10.5 Å². The van der Waals surface area contributed by atoms with Crippen LogP contribution in [0.3, 0.4) is 0 Å². The number of aromatic nitrogens is 1. The van der Waals surface area contributed by atoms with E-state index in [2.05, 4.69) is 17.1 Å². The van der Waals surface area contributed by atoms with Gasteiger partial charge in [-0.3, -0.25) is 14.6 Å². The molecule has 0 saturated carbocycles. The SMILES string of the molecule is NC(=O)c1ncccc1C(=O)N1CCCC2(C1)OCc1ccccc12. The maximum Gasteiger partial charge on any atom is 0.268 e. The number of pyridine rings is 1. The Hall–Kier alpha value is -2.73. The van der Waals surface area contributed by atoms with Crippen LogP contribution in [0.4, 0.5) is 0 Å². The highest BCUT2D eigenvalue weighted by Gasteiger charge is 2.44. The molecule has 25 heavy (non-hydrogen) atoms. The minimum atomic E-state index is -0.696. The van der Waals surface area contributed by atoms with Crippen molar-refractivity contribution in [1.82, 2.24) is 9.88 Å². The number of hydrogen-bond donors (Lipinski definition) is 1. The van der Waals surface area contributed by atoms with Crippen LogP contribution < -0.4 is 5.73 Å². The minimum Gasteiger partial charge on any atom is -0.364 e. The number of fused-ring (bicyclic) bond motifs is 2. The number of nitrogens with two attached hydrogens (primary N) is 1. The fraction of sp³-hybridized carbons (Fsp3) is 0.316. The van der Waals surface area contributed by atoms with Gasteiger partial charge in [0.1, 0.15) is 11.3 Å². The molecular weight excluding hydrogens is 318 g/mol. The van der Waals surface area contributed by atoms with Crippen molar-refractivity contribution in [3.05, 3.63) is 65.0 Å². The van der Waals surface area contributed by atoms with Crippen molar-refractivity contribution in [2.75, 3.05) is 13.1 Å². The van der Waals surface area contributed by atoms with Gasteiger partial charge in [0.15, 0.2) is 0 Å². The first kappa shape index (κ1) is 15.8. The molecule has 2 aliphatic heterocycles. The number of hydrogen-bond acceptors (Lipinski definition) is 4. The van der Waals surface area contributed by atoms with Gasteiger partial charge < -0.3 is 15.4 Å². The zero-order chi connectivity index (χ0) is 17.4. The smallest absolute Gasteiger partial charge is 0.268 e. The lowest BCUT2D eigenvalue weighted by atomic mass is 9.85. The molecule has 1 spiro atoms. The molecule has 2 aromatic rings. The summed E-state index contributed by atoms with van der Waals surface area (Å²) in [5, 5.41) is 0. The van der Waals surface area contributed by atoms with E-state index in [9.17, 15) is 9.59 Å². The number of piperidine rings is 1. The third kappa shape index (κ3) is 2.59. The number of carbonyl (C=O) groups excluding carboxylic acids is 2. The van der Waals surface area contributed by atoms with Gasteiger partial charge in [0.2, 0.25) is 0 Å². The molecule has 2 N–H and O–H groups in total. The maximum atomic E-state index is 13.0. The Morgan fingerprint density at radius 1 is 1.20 bits per heavy atom. The summed E-state index contributed by atoms with van der Waals surface area (Å²) in [6, 6.07) is 11.4. The zero-order valence-electron chi connectivity index (χ0n) is 13.8. The summed E-state index contributed by atoms with van der Waals surface area (Å²) in [6.45, 7) is 1.66. The molecule has 6 heteroatoms. The molecule has 1 saturated heterocycles. The van der Waals surface area contributed by atoms with E-state index in [1.54, 1.807) is 17.0 Å². The molecule has 2 aliphatic rings. The van der Waals surface area contributed by atoms with Crippen molar-refractivity contribution in [3.8, 4) is 0 Å². The van der Waals surface area contributed by atoms with E-state index < -0.39 is 11.5 Å². The van der Waals surface area contributed by atoms with Gasteiger partial charge in [-0.25, -0.2) is 0 Å². The van der Waals surface area contributed by atoms with Gasteiger partial charge in [0.25, 0.3) is 11.8 Å². The van der Waals surface area contributed by atoms with Crippen molar-refractivity contribution in [1.29, 1.82) is 0 Å². The van der Waals surface area contributed by atoms with Crippen molar-refractivity contribution in [3.63, 3.8) is 0 Å². The summed E-state index contributed by atoms with van der Waals surface area (Å²) in [5.74, 6) is -0.924. The Kier molecular flexibility index (Phi) is 3.77. The predicted molar refractivity (Wildman–Crippen MR) is 90.8 cm³/mol. The number of rotatable bonds is 2. The molecule has 6 nitrogen and oxygen atoms in total. The highest BCUT2D eigenvalue weighted by Crippen LogP contribution is 2.43. The van der Waals surface area contributed by atoms with Gasteiger partial charge in [0, 0.05) is 12.7 Å². The first-order valence-electron chi connectivity index (χ1n) is 8.37. The lowest BCUT2D eigenvalue weighted by Crippen LogP contribution is -2.48. The number of carbonyl (C=O) groups is 2. The summed E-state index contributed by atoms with van der Waals surface area (Å²) in [6.07, 6.45) is 3.18. The molecule has 1 aromatic heterocycles. The van der Waals surface area contributed by atoms with Crippen LogP contribution in [0, 0.1) is 0 Å². The van der Waals surface area contributed by atoms with Crippen LogP contribution in [0.2, 0.25) is 0 Å². The van der Waals surface area contributed by atoms with Gasteiger partial charge in [-0.05, 0) is 36.1 Å². The van der Waals surface area contributed by atoms with Gasteiger partial charge in [-0.1, -0.05) is 24.3 Å². The number of benzene rings is 1. The number of nitrogens with zero attached hydrogens (tertiary/aromatic N) is 2. The number of likely N-dealkylation sites (tertiary alicyclic amines) is 1. The average Bonchev–Trinajstić information content (AvgIpc) is 2.99. The van der Waals surface area contributed by atoms with E-state index >= 15 is 0 Å². The topological polar surface area (TPSA) is 85.5 Å². The molecule has 0 radical (unpaired) electrons. The Morgan fingerprint density at radius 2 is 2.04 bits per heavy atom. The third-order valence-electron chi connectivity index (χ3n) is 5.03. The molecule has 2 amide bonds. The lowest BCUT2D eigenvalue weighted by Gasteiger charge is -2.40. The summed E-state index contributed by atoms with van der Waals surface area (Å²) in [5.41, 5.74) is 7.51. The van der Waals surface area contributed by atoms with Crippen molar-refractivity contribution >= 4 is 11.8 Å². The summed E-state index contributed by atoms with van der Waals surface area (Å²) >= 11 is 0. The van der Waals surface area contributed by atoms with E-state index in [1.807, 2.05) is 12.1 Å². The minimum absolute atomic E-state index is 0.0138. The van der Waals surface area contributed by atoms with Crippen LogP contribution in [-0.4, -0.2) is 34.8 Å². The highest BCUT2D eigenvalue weighted by atomic mass is 16.5. The van der Waals surface area contributed by atoms with Crippen LogP contribution in [0.5, 0.6) is 0 Å². The van der Waals surface area contributed by atoms with Crippen LogP contribution in [0.1, 0.15) is 44.8 Å². The zero-order valence-corrected chi connectivity index (χ0v) is 13.8. The van der Waals surface area contributed by atoms with Gasteiger partial charge in [-0.2, -0.15) is 0 Å².